The van der Waals surface area contributed by atoms with E-state index < -0.39 is 10.0 Å². The van der Waals surface area contributed by atoms with Crippen LogP contribution < -0.4 is 5.32 Å². The van der Waals surface area contributed by atoms with Crippen LogP contribution in [0.1, 0.15) is 31.0 Å². The standard InChI is InChI=1S/C26H32N4O3S/c1-19(2)25(21-8-5-4-6-9-21)28-24(31)18-29-12-14-30(15-13-29)34(32,33)23-11-7-10-22-16-20(3)17-27-26(22)23/h4-11,16-17,19,25H,12-15,18H2,1-3H3,(H,28,31). The van der Waals surface area contributed by atoms with Crippen molar-refractivity contribution in [1.82, 2.24) is 19.5 Å². The molecule has 1 aliphatic rings. The quantitative estimate of drug-likeness (QED) is 0.561. The fourth-order valence-electron chi connectivity index (χ4n) is 4.44. The Bertz CT molecular complexity index is 1250. The van der Waals surface area contributed by atoms with Crippen molar-refractivity contribution in [3.63, 3.8) is 0 Å². The summed E-state index contributed by atoms with van der Waals surface area (Å²) < 4.78 is 28.3. The molecule has 34 heavy (non-hydrogen) atoms. The summed E-state index contributed by atoms with van der Waals surface area (Å²) in [6, 6.07) is 17.1. The van der Waals surface area contributed by atoms with E-state index in [2.05, 4.69) is 24.1 Å². The maximum absolute atomic E-state index is 13.4. The number of hydrogen-bond donors (Lipinski definition) is 1. The van der Waals surface area contributed by atoms with Gasteiger partial charge in [-0.3, -0.25) is 14.7 Å². The molecular weight excluding hydrogens is 448 g/mol. The number of carbonyl (C=O) groups is 1. The number of hydrogen-bond acceptors (Lipinski definition) is 5. The van der Waals surface area contributed by atoms with Crippen molar-refractivity contribution >= 4 is 26.8 Å². The van der Waals surface area contributed by atoms with E-state index in [-0.39, 0.29) is 29.3 Å². The molecule has 1 atom stereocenters. The van der Waals surface area contributed by atoms with Crippen LogP contribution >= 0.6 is 0 Å². The first kappa shape index (κ1) is 24.3. The molecule has 1 unspecified atom stereocenters. The zero-order valence-electron chi connectivity index (χ0n) is 19.9. The van der Waals surface area contributed by atoms with Crippen LogP contribution in [0, 0.1) is 12.8 Å². The Morgan fingerprint density at radius 3 is 2.41 bits per heavy atom. The average Bonchev–Trinajstić information content (AvgIpc) is 2.82. The number of carbonyl (C=O) groups excluding carboxylic acids is 1. The fraction of sp³-hybridized carbons (Fsp3) is 0.385. The van der Waals surface area contributed by atoms with Crippen molar-refractivity contribution in [3.8, 4) is 0 Å². The van der Waals surface area contributed by atoms with Crippen LogP contribution in [0.15, 0.2) is 65.7 Å². The summed E-state index contributed by atoms with van der Waals surface area (Å²) in [6.45, 7) is 8.04. The Balaban J connectivity index is 1.39. The van der Waals surface area contributed by atoms with Crippen molar-refractivity contribution in [2.75, 3.05) is 32.7 Å². The topological polar surface area (TPSA) is 82.6 Å². The molecule has 2 heterocycles. The molecule has 0 spiro atoms. The number of aryl methyl sites for hydroxylation is 1. The lowest BCUT2D eigenvalue weighted by molar-refractivity contribution is -0.123. The second-order valence-corrected chi connectivity index (χ2v) is 11.1. The van der Waals surface area contributed by atoms with E-state index in [9.17, 15) is 13.2 Å². The number of benzene rings is 2. The van der Waals surface area contributed by atoms with Crippen LogP contribution in [0.25, 0.3) is 10.9 Å². The van der Waals surface area contributed by atoms with Gasteiger partial charge in [-0.15, -0.1) is 0 Å². The lowest BCUT2D eigenvalue weighted by Gasteiger charge is -2.34. The van der Waals surface area contributed by atoms with E-state index in [1.54, 1.807) is 18.3 Å². The molecule has 180 valence electrons. The highest BCUT2D eigenvalue weighted by molar-refractivity contribution is 7.89. The molecule has 4 rings (SSSR count). The second kappa shape index (κ2) is 10.2. The van der Waals surface area contributed by atoms with Crippen molar-refractivity contribution in [3.05, 3.63) is 71.9 Å². The van der Waals surface area contributed by atoms with Gasteiger partial charge in [0, 0.05) is 37.8 Å². The van der Waals surface area contributed by atoms with Gasteiger partial charge in [0.05, 0.1) is 18.1 Å². The Hall–Kier alpha value is -2.81. The largest absolute Gasteiger partial charge is 0.348 e. The highest BCUT2D eigenvalue weighted by Gasteiger charge is 2.31. The third kappa shape index (κ3) is 5.29. The first-order valence-electron chi connectivity index (χ1n) is 11.7. The van der Waals surface area contributed by atoms with Gasteiger partial charge in [-0.05, 0) is 36.1 Å². The number of para-hydroxylation sites is 1. The van der Waals surface area contributed by atoms with Gasteiger partial charge >= 0.3 is 0 Å². The summed E-state index contributed by atoms with van der Waals surface area (Å²) in [5.74, 6) is 0.207. The van der Waals surface area contributed by atoms with E-state index in [0.717, 1.165) is 16.5 Å². The number of rotatable bonds is 7. The van der Waals surface area contributed by atoms with Gasteiger partial charge in [-0.25, -0.2) is 8.42 Å². The molecule has 1 saturated heterocycles. The monoisotopic (exact) mass is 480 g/mol. The Labute approximate surface area is 201 Å². The fourth-order valence-corrected chi connectivity index (χ4v) is 6.02. The molecule has 3 aromatic rings. The average molecular weight is 481 g/mol. The van der Waals surface area contributed by atoms with Gasteiger partial charge in [0.15, 0.2) is 0 Å². The highest BCUT2D eigenvalue weighted by Crippen LogP contribution is 2.26. The Morgan fingerprint density at radius 1 is 1.03 bits per heavy atom. The normalized spacial score (nSPS) is 16.6. The lowest BCUT2D eigenvalue weighted by atomic mass is 9.96. The molecule has 0 saturated carbocycles. The van der Waals surface area contributed by atoms with E-state index in [0.29, 0.717) is 31.7 Å². The summed E-state index contributed by atoms with van der Waals surface area (Å²) in [7, 11) is -3.68. The summed E-state index contributed by atoms with van der Waals surface area (Å²) in [4.78, 5) is 19.4. The molecule has 1 aromatic heterocycles. The van der Waals surface area contributed by atoms with Crippen LogP contribution in [-0.2, 0) is 14.8 Å². The third-order valence-corrected chi connectivity index (χ3v) is 8.20. The van der Waals surface area contributed by atoms with Gasteiger partial charge < -0.3 is 5.32 Å². The minimum atomic E-state index is -3.68. The van der Waals surface area contributed by atoms with Crippen LogP contribution in [-0.4, -0.2) is 61.2 Å². The van der Waals surface area contributed by atoms with Crippen LogP contribution in [0.3, 0.4) is 0 Å². The van der Waals surface area contributed by atoms with Gasteiger partial charge in [0.1, 0.15) is 4.90 Å². The maximum atomic E-state index is 13.4. The molecular formula is C26H32N4O3S. The number of piperazine rings is 1. The van der Waals surface area contributed by atoms with Crippen LogP contribution in [0.2, 0.25) is 0 Å². The van der Waals surface area contributed by atoms with Gasteiger partial charge in [-0.2, -0.15) is 4.31 Å². The van der Waals surface area contributed by atoms with Crippen molar-refractivity contribution < 1.29 is 13.2 Å². The SMILES string of the molecule is Cc1cnc2c(S(=O)(=O)N3CCN(CC(=O)NC(c4ccccc4)C(C)C)CC3)cccc2c1. The maximum Gasteiger partial charge on any atom is 0.245 e. The Kier molecular flexibility index (Phi) is 7.30. The summed E-state index contributed by atoms with van der Waals surface area (Å²) in [5, 5.41) is 3.97. The number of sulfonamides is 1. The zero-order chi connectivity index (χ0) is 24.3. The van der Waals surface area contributed by atoms with E-state index in [4.69, 9.17) is 0 Å². The first-order valence-corrected chi connectivity index (χ1v) is 13.1. The van der Waals surface area contributed by atoms with Gasteiger partial charge in [-0.1, -0.05) is 56.3 Å². The van der Waals surface area contributed by atoms with E-state index in [1.165, 1.54) is 4.31 Å². The second-order valence-electron chi connectivity index (χ2n) is 9.22. The third-order valence-electron chi connectivity index (χ3n) is 6.27. The molecule has 0 aliphatic carbocycles. The highest BCUT2D eigenvalue weighted by atomic mass is 32.2. The van der Waals surface area contributed by atoms with E-state index in [1.807, 2.05) is 54.3 Å². The molecule has 1 aliphatic heterocycles. The molecule has 1 fully saturated rings. The molecule has 1 N–H and O–H groups in total. The summed E-state index contributed by atoms with van der Waals surface area (Å²) in [5.41, 5.74) is 2.57. The number of aromatic nitrogens is 1. The first-order chi connectivity index (χ1) is 16.3. The predicted molar refractivity (Wildman–Crippen MR) is 134 cm³/mol. The predicted octanol–water partition coefficient (Wildman–Crippen LogP) is 3.36. The van der Waals surface area contributed by atoms with E-state index >= 15 is 0 Å². The lowest BCUT2D eigenvalue weighted by Crippen LogP contribution is -2.51. The van der Waals surface area contributed by atoms with Crippen LogP contribution in [0.4, 0.5) is 0 Å². The Morgan fingerprint density at radius 2 is 1.74 bits per heavy atom. The molecule has 0 radical (unpaired) electrons. The van der Waals surface area contributed by atoms with Crippen LogP contribution in [0.5, 0.6) is 0 Å². The minimum absolute atomic E-state index is 0.0486. The van der Waals surface area contributed by atoms with Crippen molar-refractivity contribution in [2.24, 2.45) is 5.92 Å². The molecule has 1 amide bonds. The summed E-state index contributed by atoms with van der Waals surface area (Å²) in [6.07, 6.45) is 1.69. The number of fused-ring (bicyclic) bond motifs is 1. The molecule has 7 nitrogen and oxygen atoms in total. The van der Waals surface area contributed by atoms with Gasteiger partial charge in [0.25, 0.3) is 0 Å². The summed E-state index contributed by atoms with van der Waals surface area (Å²) >= 11 is 0. The molecule has 8 heteroatoms. The van der Waals surface area contributed by atoms with Gasteiger partial charge in [0.2, 0.25) is 15.9 Å². The minimum Gasteiger partial charge on any atom is -0.348 e. The van der Waals surface area contributed by atoms with Crippen molar-refractivity contribution in [2.45, 2.75) is 31.7 Å². The van der Waals surface area contributed by atoms with Crippen molar-refractivity contribution in [1.29, 1.82) is 0 Å². The number of pyridine rings is 1. The number of amides is 1. The zero-order valence-corrected chi connectivity index (χ0v) is 20.8. The smallest absolute Gasteiger partial charge is 0.245 e. The number of nitrogens with zero attached hydrogens (tertiary/aromatic N) is 3. The molecule has 0 bridgehead atoms. The number of nitrogens with one attached hydrogen (secondary N) is 1. The molecule has 2 aromatic carbocycles.